The first-order chi connectivity index (χ1) is 8.17. The number of nitrogens with one attached hydrogen (secondary N) is 1. The fourth-order valence-electron chi connectivity index (χ4n) is 1.53. The summed E-state index contributed by atoms with van der Waals surface area (Å²) in [6.45, 7) is 2.94. The van der Waals surface area contributed by atoms with Crippen molar-refractivity contribution in [3.63, 3.8) is 0 Å². The Balaban J connectivity index is 2.70. The third-order valence-corrected chi connectivity index (χ3v) is 2.15. The largest absolute Gasteiger partial charge is 0.391 e. The summed E-state index contributed by atoms with van der Waals surface area (Å²) in [5.41, 5.74) is 6.19. The third-order valence-electron chi connectivity index (χ3n) is 2.15. The number of alkyl halides is 3. The van der Waals surface area contributed by atoms with E-state index in [0.29, 0.717) is 5.69 Å². The highest BCUT2D eigenvalue weighted by Crippen LogP contribution is 2.21. The van der Waals surface area contributed by atoms with Gasteiger partial charge in [-0.1, -0.05) is 0 Å². The molecule has 18 heavy (non-hydrogen) atoms. The Labute approximate surface area is 102 Å². The van der Waals surface area contributed by atoms with Gasteiger partial charge >= 0.3 is 6.18 Å². The lowest BCUT2D eigenvalue weighted by atomic mass is 10.1. The average molecular weight is 261 g/mol. The van der Waals surface area contributed by atoms with E-state index in [1.807, 2.05) is 0 Å². The second-order valence-electron chi connectivity index (χ2n) is 4.12. The molecule has 0 bridgehead atoms. The van der Waals surface area contributed by atoms with E-state index >= 15 is 0 Å². The van der Waals surface area contributed by atoms with Crippen molar-refractivity contribution in [2.24, 2.45) is 0 Å². The number of nitrogens with zero attached hydrogens (tertiary/aromatic N) is 1. The van der Waals surface area contributed by atoms with Gasteiger partial charge < -0.3 is 11.1 Å². The third kappa shape index (κ3) is 4.60. The number of hydrogen-bond donors (Lipinski definition) is 2. The summed E-state index contributed by atoms with van der Waals surface area (Å²) in [5, 5.41) is 2.26. The highest BCUT2D eigenvalue weighted by Gasteiger charge is 2.30. The Kier molecular flexibility index (Phi) is 4.15. The van der Waals surface area contributed by atoms with Gasteiger partial charge in [0.25, 0.3) is 5.91 Å². The van der Waals surface area contributed by atoms with Crippen molar-refractivity contribution >= 4 is 11.7 Å². The number of nitrogen functional groups attached to an aromatic ring is 1. The fraction of sp³-hybridized carbons (Fsp3) is 0.455. The lowest BCUT2D eigenvalue weighted by molar-refractivity contribution is -0.138. The van der Waals surface area contributed by atoms with E-state index in [-0.39, 0.29) is 11.4 Å². The molecule has 0 saturated carbocycles. The summed E-state index contributed by atoms with van der Waals surface area (Å²) in [4.78, 5) is 15.6. The minimum Gasteiger partial charge on any atom is -0.384 e. The van der Waals surface area contributed by atoms with Crippen LogP contribution in [-0.4, -0.2) is 23.1 Å². The molecule has 0 spiro atoms. The van der Waals surface area contributed by atoms with Gasteiger partial charge in [-0.2, -0.15) is 13.2 Å². The molecule has 1 amide bonds. The van der Waals surface area contributed by atoms with E-state index in [2.05, 4.69) is 10.3 Å². The van der Waals surface area contributed by atoms with Crippen molar-refractivity contribution < 1.29 is 18.0 Å². The van der Waals surface area contributed by atoms with Gasteiger partial charge in [0, 0.05) is 17.3 Å². The molecule has 100 valence electrons. The van der Waals surface area contributed by atoms with Gasteiger partial charge in [0.05, 0.1) is 6.42 Å². The maximum atomic E-state index is 12.1. The molecular weight excluding hydrogens is 247 g/mol. The molecule has 1 aromatic heterocycles. The highest BCUT2D eigenvalue weighted by atomic mass is 19.4. The molecule has 0 saturated heterocycles. The van der Waals surface area contributed by atoms with Crippen LogP contribution in [-0.2, 0) is 0 Å². The molecular formula is C11H14F3N3O. The topological polar surface area (TPSA) is 68.0 Å². The molecule has 3 N–H and O–H groups in total. The number of aryl methyl sites for hydroxylation is 1. The predicted octanol–water partition coefficient (Wildman–Crippen LogP) is 2.04. The summed E-state index contributed by atoms with van der Waals surface area (Å²) in [6.07, 6.45) is -5.38. The number of amides is 1. The lowest BCUT2D eigenvalue weighted by Gasteiger charge is -2.16. The molecule has 1 aromatic rings. The van der Waals surface area contributed by atoms with Gasteiger partial charge in [-0.3, -0.25) is 4.79 Å². The maximum absolute atomic E-state index is 12.1. The van der Waals surface area contributed by atoms with Gasteiger partial charge in [-0.15, -0.1) is 0 Å². The molecule has 7 heteroatoms. The molecule has 0 aliphatic heterocycles. The van der Waals surface area contributed by atoms with Crippen LogP contribution in [0, 0.1) is 6.92 Å². The second-order valence-corrected chi connectivity index (χ2v) is 4.12. The van der Waals surface area contributed by atoms with E-state index in [1.165, 1.54) is 19.1 Å². The number of anilines is 1. The second kappa shape index (κ2) is 5.24. The molecule has 1 atom stereocenters. The van der Waals surface area contributed by atoms with Gasteiger partial charge in [0.15, 0.2) is 0 Å². The minimum atomic E-state index is -4.31. The van der Waals surface area contributed by atoms with Crippen LogP contribution in [0.25, 0.3) is 0 Å². The molecule has 0 aromatic carbocycles. The van der Waals surface area contributed by atoms with Crippen molar-refractivity contribution in [3.8, 4) is 0 Å². The van der Waals surface area contributed by atoms with Crippen LogP contribution < -0.4 is 11.1 Å². The van der Waals surface area contributed by atoms with Gasteiger partial charge in [-0.25, -0.2) is 4.98 Å². The number of aromatic nitrogens is 1. The smallest absolute Gasteiger partial charge is 0.384 e. The number of hydrogen-bond acceptors (Lipinski definition) is 3. The number of carbonyl (C=O) groups excluding carboxylic acids is 1. The van der Waals surface area contributed by atoms with Crippen LogP contribution in [0.2, 0.25) is 0 Å². The van der Waals surface area contributed by atoms with E-state index in [1.54, 1.807) is 6.92 Å². The Morgan fingerprint density at radius 3 is 2.61 bits per heavy atom. The average Bonchev–Trinajstić information content (AvgIpc) is 2.12. The minimum absolute atomic E-state index is 0.156. The quantitative estimate of drug-likeness (QED) is 0.874. The molecule has 1 heterocycles. The van der Waals surface area contributed by atoms with E-state index in [4.69, 9.17) is 5.73 Å². The summed E-state index contributed by atoms with van der Waals surface area (Å²) < 4.78 is 36.3. The molecule has 4 nitrogen and oxygen atoms in total. The van der Waals surface area contributed by atoms with Crippen molar-refractivity contribution in [1.29, 1.82) is 0 Å². The van der Waals surface area contributed by atoms with Crippen LogP contribution in [0.5, 0.6) is 0 Å². The standard InChI is InChI=1S/C11H14F3N3O/c1-6-3-8(4-9(15)16-6)10(18)17-7(2)5-11(12,13)14/h3-4,7H,5H2,1-2H3,(H2,15,16)(H,17,18). The Bertz CT molecular complexity index is 425. The number of halogens is 3. The SMILES string of the molecule is Cc1cc(C(=O)NC(C)CC(F)(F)F)cc(N)n1. The zero-order chi connectivity index (χ0) is 13.9. The maximum Gasteiger partial charge on any atom is 0.391 e. The molecule has 0 radical (unpaired) electrons. The van der Waals surface area contributed by atoms with Crippen LogP contribution >= 0.6 is 0 Å². The van der Waals surface area contributed by atoms with Gasteiger partial charge in [0.1, 0.15) is 5.82 Å². The van der Waals surface area contributed by atoms with Crippen LogP contribution in [0.3, 0.4) is 0 Å². The Hall–Kier alpha value is -1.79. The summed E-state index contributed by atoms with van der Waals surface area (Å²) in [5.74, 6) is -0.437. The first-order valence-electron chi connectivity index (χ1n) is 5.29. The number of rotatable bonds is 3. The Morgan fingerprint density at radius 2 is 2.11 bits per heavy atom. The summed E-state index contributed by atoms with van der Waals surface area (Å²) in [7, 11) is 0. The van der Waals surface area contributed by atoms with Crippen LogP contribution in [0.1, 0.15) is 29.4 Å². The van der Waals surface area contributed by atoms with Crippen molar-refractivity contribution in [3.05, 3.63) is 23.4 Å². The monoisotopic (exact) mass is 261 g/mol. The number of carbonyl (C=O) groups is 1. The van der Waals surface area contributed by atoms with Gasteiger partial charge in [-0.05, 0) is 26.0 Å². The van der Waals surface area contributed by atoms with Gasteiger partial charge in [0.2, 0.25) is 0 Å². The fourth-order valence-corrected chi connectivity index (χ4v) is 1.53. The zero-order valence-corrected chi connectivity index (χ0v) is 10.0. The highest BCUT2D eigenvalue weighted by molar-refractivity contribution is 5.95. The Morgan fingerprint density at radius 1 is 1.50 bits per heavy atom. The van der Waals surface area contributed by atoms with Crippen molar-refractivity contribution in [2.45, 2.75) is 32.5 Å². The number of pyridine rings is 1. The molecule has 1 rings (SSSR count). The van der Waals surface area contributed by atoms with Crippen LogP contribution in [0.15, 0.2) is 12.1 Å². The normalized spacial score (nSPS) is 13.2. The van der Waals surface area contributed by atoms with E-state index in [0.717, 1.165) is 0 Å². The van der Waals surface area contributed by atoms with Crippen molar-refractivity contribution in [2.75, 3.05) is 5.73 Å². The molecule has 0 fully saturated rings. The first-order valence-corrected chi connectivity index (χ1v) is 5.29. The lowest BCUT2D eigenvalue weighted by Crippen LogP contribution is -2.36. The zero-order valence-electron chi connectivity index (χ0n) is 10.0. The van der Waals surface area contributed by atoms with Crippen molar-refractivity contribution in [1.82, 2.24) is 10.3 Å². The molecule has 0 aliphatic rings. The van der Waals surface area contributed by atoms with E-state index in [9.17, 15) is 18.0 Å². The summed E-state index contributed by atoms with van der Waals surface area (Å²) >= 11 is 0. The summed E-state index contributed by atoms with van der Waals surface area (Å²) in [6, 6.07) is 1.79. The van der Waals surface area contributed by atoms with E-state index < -0.39 is 24.5 Å². The van der Waals surface area contributed by atoms with Crippen LogP contribution in [0.4, 0.5) is 19.0 Å². The number of nitrogens with two attached hydrogens (primary N) is 1. The molecule has 1 unspecified atom stereocenters. The first kappa shape index (κ1) is 14.3. The predicted molar refractivity (Wildman–Crippen MR) is 61.0 cm³/mol. The molecule has 0 aliphatic carbocycles.